The highest BCUT2D eigenvalue weighted by molar-refractivity contribution is 6.25. The molecule has 0 saturated carbocycles. The Morgan fingerprint density at radius 1 is 0.900 bits per heavy atom. The summed E-state index contributed by atoms with van der Waals surface area (Å²) in [6.45, 7) is 11.7. The summed E-state index contributed by atoms with van der Waals surface area (Å²) in [7, 11) is 0. The molecule has 0 heterocycles. The van der Waals surface area contributed by atoms with Crippen LogP contribution in [0.5, 0.6) is 0 Å². The van der Waals surface area contributed by atoms with E-state index in [1.54, 1.807) is 0 Å². The van der Waals surface area contributed by atoms with Crippen LogP contribution in [0.25, 0.3) is 0 Å². The van der Waals surface area contributed by atoms with Crippen molar-refractivity contribution in [1.29, 1.82) is 0 Å². The van der Waals surface area contributed by atoms with E-state index in [1.807, 2.05) is 0 Å². The van der Waals surface area contributed by atoms with Gasteiger partial charge >= 0.3 is 0 Å². The van der Waals surface area contributed by atoms with Crippen LogP contribution in [0, 0.1) is 0 Å². The van der Waals surface area contributed by atoms with Gasteiger partial charge < -0.3 is 24.3 Å². The number of hydrogen-bond donors (Lipinski definition) is 0. The molecule has 20 heavy (non-hydrogen) atoms. The molecule has 0 aliphatic heterocycles. The lowest BCUT2D eigenvalue weighted by Gasteiger charge is -2.35. The van der Waals surface area contributed by atoms with Gasteiger partial charge in [-0.3, -0.25) is 0 Å². The predicted octanol–water partition coefficient (Wildman–Crippen LogP) is -0.451. The molecule has 0 saturated heterocycles. The number of carboxylic acid groups (broad SMARTS) is 2. The van der Waals surface area contributed by atoms with Crippen LogP contribution in [0.2, 0.25) is 0 Å². The second-order valence-electron chi connectivity index (χ2n) is 4.51. The molecule has 0 bridgehead atoms. The van der Waals surface area contributed by atoms with Crippen LogP contribution in [0.4, 0.5) is 0 Å². The predicted molar refractivity (Wildman–Crippen MR) is 72.0 cm³/mol. The smallest absolute Gasteiger partial charge is 0.104 e. The van der Waals surface area contributed by atoms with E-state index in [4.69, 9.17) is 19.8 Å². The Morgan fingerprint density at radius 3 is 1.60 bits per heavy atom. The van der Waals surface area contributed by atoms with Crippen molar-refractivity contribution in [2.24, 2.45) is 0 Å². The lowest BCUT2D eigenvalue weighted by atomic mass is 10.2. The summed E-state index contributed by atoms with van der Waals surface area (Å²) in [6, 6.07) is 10.8. The minimum atomic E-state index is -2.19. The first-order valence-electron chi connectivity index (χ1n) is 6.72. The third kappa shape index (κ3) is 6.33. The third-order valence-corrected chi connectivity index (χ3v) is 3.54. The fourth-order valence-corrected chi connectivity index (χ4v) is 1.98. The van der Waals surface area contributed by atoms with Crippen LogP contribution in [0.3, 0.4) is 0 Å². The molecule has 1 rings (SSSR count). The van der Waals surface area contributed by atoms with Crippen molar-refractivity contribution in [3.63, 3.8) is 0 Å². The maximum absolute atomic E-state index is 8.93. The van der Waals surface area contributed by atoms with Crippen molar-refractivity contribution in [3.05, 3.63) is 35.9 Å². The molecule has 0 atom stereocenters. The Bertz CT molecular complexity index is 393. The van der Waals surface area contributed by atoms with E-state index in [2.05, 4.69) is 51.1 Å². The highest BCUT2D eigenvalue weighted by Crippen LogP contribution is 2.13. The monoisotopic (exact) mass is 280 g/mol. The van der Waals surface area contributed by atoms with E-state index in [9.17, 15) is 0 Å². The Labute approximate surface area is 120 Å². The summed E-state index contributed by atoms with van der Waals surface area (Å²) in [5.74, 6) is -4.37. The van der Waals surface area contributed by atoms with E-state index < -0.39 is 11.9 Å². The molecule has 0 unspecified atom stereocenters. The average molecular weight is 280 g/mol. The Hall–Kier alpha value is -1.88. The van der Waals surface area contributed by atoms with Gasteiger partial charge in [-0.2, -0.15) is 0 Å². The molecule has 112 valence electrons. The molecule has 0 aliphatic rings. The molecule has 0 fully saturated rings. The van der Waals surface area contributed by atoms with E-state index in [1.165, 1.54) is 36.2 Å². The third-order valence-electron chi connectivity index (χ3n) is 3.54. The minimum absolute atomic E-state index is 1.17. The number of carbonyl (C=O) groups excluding carboxylic acids is 2. The number of hydrogen-bond acceptors (Lipinski definition) is 4. The van der Waals surface area contributed by atoms with Crippen LogP contribution in [-0.2, 0) is 16.1 Å². The number of carbonyl (C=O) groups is 2. The van der Waals surface area contributed by atoms with Crippen molar-refractivity contribution in [2.45, 2.75) is 27.3 Å². The van der Waals surface area contributed by atoms with Gasteiger partial charge in [0.05, 0.1) is 31.6 Å². The Morgan fingerprint density at radius 2 is 1.30 bits per heavy atom. The highest BCUT2D eigenvalue weighted by atomic mass is 16.4. The van der Waals surface area contributed by atoms with Gasteiger partial charge in [-0.25, -0.2) is 0 Å². The number of rotatable bonds is 5. The molecular formula is C15H22NO4-. The standard InChI is InChI=1S/C13H22N.C2H2O4/c1-4-14(5-2,6-3)12-13-10-8-7-9-11-13;3-1(4)2(5)6/h7-11H,4-6,12H2,1-3H3;(H,3,4)(H,5,6)/q+1;/p-2. The molecule has 5 nitrogen and oxygen atoms in total. The summed E-state index contributed by atoms with van der Waals surface area (Å²) in [6.07, 6.45) is 0. The molecule has 0 amide bonds. The largest absolute Gasteiger partial charge is 0.543 e. The SMILES string of the molecule is CC[N+](CC)(CC)Cc1ccccc1.O=C([O-])C(=O)[O-]. The van der Waals surface area contributed by atoms with Crippen LogP contribution in [0.1, 0.15) is 26.3 Å². The second-order valence-corrected chi connectivity index (χ2v) is 4.51. The van der Waals surface area contributed by atoms with Crippen molar-refractivity contribution in [3.8, 4) is 0 Å². The maximum atomic E-state index is 8.93. The quantitative estimate of drug-likeness (QED) is 0.540. The summed E-state index contributed by atoms with van der Waals surface area (Å²) >= 11 is 0. The first-order chi connectivity index (χ1) is 9.40. The summed E-state index contributed by atoms with van der Waals surface area (Å²) in [4.78, 5) is 17.9. The summed E-state index contributed by atoms with van der Waals surface area (Å²) in [5, 5.41) is 17.9. The van der Waals surface area contributed by atoms with Gasteiger partial charge in [0.15, 0.2) is 0 Å². The Kier molecular flexibility index (Phi) is 8.24. The molecule has 1 aromatic carbocycles. The normalized spacial score (nSPS) is 10.3. The van der Waals surface area contributed by atoms with E-state index in [0.717, 1.165) is 0 Å². The van der Waals surface area contributed by atoms with Gasteiger partial charge in [-0.1, -0.05) is 30.3 Å². The number of quaternary nitrogens is 1. The van der Waals surface area contributed by atoms with Gasteiger partial charge in [-0.05, 0) is 20.8 Å². The Balaban J connectivity index is 0.000000511. The van der Waals surface area contributed by atoms with Crippen molar-refractivity contribution in [1.82, 2.24) is 0 Å². The fourth-order valence-electron chi connectivity index (χ4n) is 1.98. The van der Waals surface area contributed by atoms with E-state index in [-0.39, 0.29) is 0 Å². The second kappa shape index (κ2) is 9.09. The average Bonchev–Trinajstić information content (AvgIpc) is 2.46. The van der Waals surface area contributed by atoms with Gasteiger partial charge in [0, 0.05) is 5.56 Å². The molecule has 0 radical (unpaired) electrons. The first-order valence-corrected chi connectivity index (χ1v) is 6.72. The zero-order valence-corrected chi connectivity index (χ0v) is 12.3. The van der Waals surface area contributed by atoms with Gasteiger partial charge in [0.2, 0.25) is 0 Å². The van der Waals surface area contributed by atoms with Gasteiger partial charge in [0.25, 0.3) is 0 Å². The fraction of sp³-hybridized carbons (Fsp3) is 0.467. The lowest BCUT2D eigenvalue weighted by molar-refractivity contribution is -0.936. The zero-order valence-electron chi connectivity index (χ0n) is 12.3. The summed E-state index contributed by atoms with van der Waals surface area (Å²) < 4.78 is 1.20. The number of nitrogens with zero attached hydrogens (tertiary/aromatic N) is 1. The van der Waals surface area contributed by atoms with Crippen LogP contribution < -0.4 is 10.2 Å². The molecule has 0 N–H and O–H groups in total. The zero-order chi connectivity index (χ0) is 15.6. The van der Waals surface area contributed by atoms with Gasteiger partial charge in [0.1, 0.15) is 6.54 Å². The van der Waals surface area contributed by atoms with E-state index in [0.29, 0.717) is 0 Å². The van der Waals surface area contributed by atoms with Crippen LogP contribution in [-0.4, -0.2) is 36.1 Å². The number of aliphatic carboxylic acids is 2. The van der Waals surface area contributed by atoms with Crippen LogP contribution in [0.15, 0.2) is 30.3 Å². The highest BCUT2D eigenvalue weighted by Gasteiger charge is 2.20. The van der Waals surface area contributed by atoms with Crippen molar-refractivity contribution in [2.75, 3.05) is 19.6 Å². The van der Waals surface area contributed by atoms with Crippen molar-refractivity contribution < 1.29 is 24.3 Å². The summed E-state index contributed by atoms with van der Waals surface area (Å²) in [5.41, 5.74) is 1.46. The molecule has 0 aromatic heterocycles. The molecule has 1 aromatic rings. The molecular weight excluding hydrogens is 258 g/mol. The van der Waals surface area contributed by atoms with Crippen LogP contribution >= 0.6 is 0 Å². The number of benzene rings is 1. The number of carboxylic acids is 2. The van der Waals surface area contributed by atoms with E-state index >= 15 is 0 Å². The van der Waals surface area contributed by atoms with Gasteiger partial charge in [-0.15, -0.1) is 0 Å². The molecule has 0 aliphatic carbocycles. The van der Waals surface area contributed by atoms with Crippen molar-refractivity contribution >= 4 is 11.9 Å². The lowest BCUT2D eigenvalue weighted by Crippen LogP contribution is -2.46. The molecule has 0 spiro atoms. The maximum Gasteiger partial charge on any atom is 0.104 e. The first kappa shape index (κ1) is 18.1. The molecule has 5 heteroatoms. The topological polar surface area (TPSA) is 80.3 Å². The minimum Gasteiger partial charge on any atom is -0.543 e.